The van der Waals surface area contributed by atoms with E-state index in [9.17, 15) is 0 Å². The minimum absolute atomic E-state index is 0.310. The first-order chi connectivity index (χ1) is 8.69. The van der Waals surface area contributed by atoms with Crippen molar-refractivity contribution in [3.8, 4) is 11.5 Å². The van der Waals surface area contributed by atoms with Gasteiger partial charge in [0.25, 0.3) is 0 Å². The molecule has 0 bridgehead atoms. The fourth-order valence-corrected chi connectivity index (χ4v) is 2.22. The second-order valence-electron chi connectivity index (χ2n) is 4.27. The number of nitrogens with two attached hydrogens (primary N) is 1. The predicted molar refractivity (Wildman–Crippen MR) is 72.3 cm³/mol. The van der Waals surface area contributed by atoms with Gasteiger partial charge in [0.05, 0.1) is 20.8 Å². The third kappa shape index (κ3) is 3.15. The lowest BCUT2D eigenvalue weighted by Crippen LogP contribution is -2.10. The standard InChI is InChI=1S/C14H23NO3/c1-10(7-8-15)14-11(9-16-2)12(17-3)5-6-13(14)18-4/h5-6,10H,7-9,15H2,1-4H3. The van der Waals surface area contributed by atoms with Gasteiger partial charge in [-0.25, -0.2) is 0 Å². The zero-order valence-corrected chi connectivity index (χ0v) is 11.7. The quantitative estimate of drug-likeness (QED) is 0.810. The molecule has 0 aliphatic heterocycles. The van der Waals surface area contributed by atoms with Gasteiger partial charge in [0.15, 0.2) is 0 Å². The van der Waals surface area contributed by atoms with Gasteiger partial charge in [-0.3, -0.25) is 0 Å². The molecule has 2 N–H and O–H groups in total. The Hall–Kier alpha value is -1.26. The van der Waals surface area contributed by atoms with Gasteiger partial charge in [-0.15, -0.1) is 0 Å². The monoisotopic (exact) mass is 253 g/mol. The van der Waals surface area contributed by atoms with Crippen LogP contribution in [0.1, 0.15) is 30.4 Å². The first-order valence-electron chi connectivity index (χ1n) is 6.12. The van der Waals surface area contributed by atoms with E-state index in [-0.39, 0.29) is 0 Å². The highest BCUT2D eigenvalue weighted by atomic mass is 16.5. The summed E-state index contributed by atoms with van der Waals surface area (Å²) in [6.07, 6.45) is 0.903. The molecule has 1 rings (SSSR count). The summed E-state index contributed by atoms with van der Waals surface area (Å²) in [6, 6.07) is 3.84. The second-order valence-corrected chi connectivity index (χ2v) is 4.27. The summed E-state index contributed by atoms with van der Waals surface area (Å²) in [5.74, 6) is 2.01. The highest BCUT2D eigenvalue weighted by Gasteiger charge is 2.19. The lowest BCUT2D eigenvalue weighted by molar-refractivity contribution is 0.180. The van der Waals surface area contributed by atoms with Crippen LogP contribution in [0.3, 0.4) is 0 Å². The van der Waals surface area contributed by atoms with Crippen LogP contribution in [-0.2, 0) is 11.3 Å². The van der Waals surface area contributed by atoms with Gasteiger partial charge in [0.1, 0.15) is 11.5 Å². The van der Waals surface area contributed by atoms with Crippen molar-refractivity contribution in [2.45, 2.75) is 25.9 Å². The summed E-state index contributed by atoms with van der Waals surface area (Å²) < 4.78 is 16.1. The maximum atomic E-state index is 5.65. The molecule has 1 aromatic rings. The molecule has 0 fully saturated rings. The number of ether oxygens (including phenoxy) is 3. The van der Waals surface area contributed by atoms with Crippen LogP contribution in [-0.4, -0.2) is 27.9 Å². The molecule has 102 valence electrons. The highest BCUT2D eigenvalue weighted by Crippen LogP contribution is 2.37. The van der Waals surface area contributed by atoms with Gasteiger partial charge in [0, 0.05) is 18.2 Å². The molecule has 0 saturated carbocycles. The molecule has 1 unspecified atom stereocenters. The number of methoxy groups -OCH3 is 3. The first kappa shape index (κ1) is 14.8. The van der Waals surface area contributed by atoms with Crippen LogP contribution in [0.25, 0.3) is 0 Å². The van der Waals surface area contributed by atoms with E-state index in [2.05, 4.69) is 6.92 Å². The van der Waals surface area contributed by atoms with Crippen molar-refractivity contribution >= 4 is 0 Å². The Morgan fingerprint density at radius 1 is 1.11 bits per heavy atom. The summed E-state index contributed by atoms with van der Waals surface area (Å²) >= 11 is 0. The molecule has 0 spiro atoms. The largest absolute Gasteiger partial charge is 0.496 e. The third-order valence-electron chi connectivity index (χ3n) is 3.10. The molecule has 4 nitrogen and oxygen atoms in total. The molecule has 1 atom stereocenters. The Balaban J connectivity index is 3.29. The predicted octanol–water partition coefficient (Wildman–Crippen LogP) is 2.30. The number of rotatable bonds is 7. The Morgan fingerprint density at radius 2 is 1.72 bits per heavy atom. The average Bonchev–Trinajstić information content (AvgIpc) is 2.38. The van der Waals surface area contributed by atoms with Crippen molar-refractivity contribution in [2.75, 3.05) is 27.9 Å². The van der Waals surface area contributed by atoms with E-state index < -0.39 is 0 Å². The minimum atomic E-state index is 0.310. The van der Waals surface area contributed by atoms with Gasteiger partial charge >= 0.3 is 0 Å². The minimum Gasteiger partial charge on any atom is -0.496 e. The van der Waals surface area contributed by atoms with Gasteiger partial charge in [-0.1, -0.05) is 6.92 Å². The van der Waals surface area contributed by atoms with Gasteiger partial charge < -0.3 is 19.9 Å². The molecule has 0 heterocycles. The van der Waals surface area contributed by atoms with Crippen molar-refractivity contribution in [2.24, 2.45) is 5.73 Å². The lowest BCUT2D eigenvalue weighted by atomic mass is 9.91. The van der Waals surface area contributed by atoms with Crippen LogP contribution in [0.2, 0.25) is 0 Å². The molecule has 0 aromatic heterocycles. The highest BCUT2D eigenvalue weighted by molar-refractivity contribution is 5.50. The van der Waals surface area contributed by atoms with E-state index in [0.717, 1.165) is 29.0 Å². The second kappa shape index (κ2) is 7.24. The molecule has 4 heteroatoms. The van der Waals surface area contributed by atoms with Crippen LogP contribution in [0, 0.1) is 0 Å². The summed E-state index contributed by atoms with van der Waals surface area (Å²) in [5, 5.41) is 0. The molecule has 18 heavy (non-hydrogen) atoms. The smallest absolute Gasteiger partial charge is 0.124 e. The zero-order chi connectivity index (χ0) is 13.5. The van der Waals surface area contributed by atoms with Crippen LogP contribution in [0.15, 0.2) is 12.1 Å². The Morgan fingerprint density at radius 3 is 2.22 bits per heavy atom. The summed E-state index contributed by atoms with van der Waals surface area (Å²) in [4.78, 5) is 0. The molecular formula is C14H23NO3. The van der Waals surface area contributed by atoms with Crippen molar-refractivity contribution in [3.63, 3.8) is 0 Å². The Labute approximate surface area is 109 Å². The molecule has 0 aliphatic rings. The van der Waals surface area contributed by atoms with E-state index in [0.29, 0.717) is 19.1 Å². The first-order valence-corrected chi connectivity index (χ1v) is 6.12. The van der Waals surface area contributed by atoms with Crippen LogP contribution < -0.4 is 15.2 Å². The van der Waals surface area contributed by atoms with E-state index in [1.54, 1.807) is 21.3 Å². The molecule has 0 saturated heterocycles. The topological polar surface area (TPSA) is 53.7 Å². The zero-order valence-electron chi connectivity index (χ0n) is 11.7. The molecule has 0 amide bonds. The number of hydrogen-bond acceptors (Lipinski definition) is 4. The fraction of sp³-hybridized carbons (Fsp3) is 0.571. The van der Waals surface area contributed by atoms with Crippen molar-refractivity contribution in [3.05, 3.63) is 23.3 Å². The SMILES string of the molecule is COCc1c(OC)ccc(OC)c1C(C)CCN. The van der Waals surface area contributed by atoms with Gasteiger partial charge in [-0.2, -0.15) is 0 Å². The van der Waals surface area contributed by atoms with E-state index in [4.69, 9.17) is 19.9 Å². The third-order valence-corrected chi connectivity index (χ3v) is 3.10. The normalized spacial score (nSPS) is 12.3. The van der Waals surface area contributed by atoms with E-state index in [1.807, 2.05) is 12.1 Å². The van der Waals surface area contributed by atoms with Crippen LogP contribution in [0.4, 0.5) is 0 Å². The maximum absolute atomic E-state index is 5.65. The number of benzene rings is 1. The summed E-state index contributed by atoms with van der Waals surface area (Å²) in [7, 11) is 5.02. The van der Waals surface area contributed by atoms with E-state index in [1.165, 1.54) is 0 Å². The maximum Gasteiger partial charge on any atom is 0.124 e. The summed E-state index contributed by atoms with van der Waals surface area (Å²) in [6.45, 7) is 3.29. The molecule has 1 aromatic carbocycles. The van der Waals surface area contributed by atoms with E-state index >= 15 is 0 Å². The Kier molecular flexibility index (Phi) is 5.95. The van der Waals surface area contributed by atoms with Gasteiger partial charge in [0.2, 0.25) is 0 Å². The average molecular weight is 253 g/mol. The summed E-state index contributed by atoms with van der Waals surface area (Å²) in [5.41, 5.74) is 7.82. The fourth-order valence-electron chi connectivity index (χ4n) is 2.22. The number of hydrogen-bond donors (Lipinski definition) is 1. The van der Waals surface area contributed by atoms with Crippen LogP contribution in [0.5, 0.6) is 11.5 Å². The van der Waals surface area contributed by atoms with Crippen molar-refractivity contribution in [1.82, 2.24) is 0 Å². The molecule has 0 radical (unpaired) electrons. The van der Waals surface area contributed by atoms with Crippen molar-refractivity contribution in [1.29, 1.82) is 0 Å². The molecule has 0 aliphatic carbocycles. The van der Waals surface area contributed by atoms with Crippen LogP contribution >= 0.6 is 0 Å². The lowest BCUT2D eigenvalue weighted by Gasteiger charge is -2.21. The molecular weight excluding hydrogens is 230 g/mol. The van der Waals surface area contributed by atoms with Gasteiger partial charge in [-0.05, 0) is 31.0 Å². The Bertz CT molecular complexity index is 380. The van der Waals surface area contributed by atoms with Crippen molar-refractivity contribution < 1.29 is 14.2 Å².